The second-order valence-electron chi connectivity index (χ2n) is 8.37. The molecule has 0 heterocycles. The summed E-state index contributed by atoms with van der Waals surface area (Å²) in [4.78, 5) is 35.9. The van der Waals surface area contributed by atoms with Crippen molar-refractivity contribution in [1.29, 1.82) is 0 Å². The highest BCUT2D eigenvalue weighted by molar-refractivity contribution is 5.85. The van der Waals surface area contributed by atoms with Gasteiger partial charge in [0.1, 0.15) is 12.6 Å². The summed E-state index contributed by atoms with van der Waals surface area (Å²) in [5, 5.41) is 11.5. The van der Waals surface area contributed by atoms with Crippen molar-refractivity contribution >= 4 is 17.8 Å². The number of carbonyl (C=O) groups excluding carboxylic acids is 2. The van der Waals surface area contributed by atoms with Crippen LogP contribution in [0.15, 0.2) is 48.5 Å². The fourth-order valence-electron chi connectivity index (χ4n) is 4.11. The van der Waals surface area contributed by atoms with E-state index in [4.69, 9.17) is 9.84 Å². The van der Waals surface area contributed by atoms with Gasteiger partial charge in [-0.05, 0) is 41.5 Å². The maximum absolute atomic E-state index is 12.5. The summed E-state index contributed by atoms with van der Waals surface area (Å²) < 4.78 is 5.60. The third-order valence-electron chi connectivity index (χ3n) is 5.90. The van der Waals surface area contributed by atoms with Crippen LogP contribution in [0.1, 0.15) is 50.7 Å². The van der Waals surface area contributed by atoms with Gasteiger partial charge in [-0.3, -0.25) is 14.4 Å². The summed E-state index contributed by atoms with van der Waals surface area (Å²) in [6, 6.07) is 15.3. The number of ether oxygens (including phenoxy) is 1. The number of esters is 1. The first kappa shape index (κ1) is 22.5. The fourth-order valence-corrected chi connectivity index (χ4v) is 4.11. The van der Waals surface area contributed by atoms with E-state index in [1.54, 1.807) is 0 Å². The lowest BCUT2D eigenvalue weighted by Gasteiger charge is -2.21. The van der Waals surface area contributed by atoms with Crippen LogP contribution in [0.3, 0.4) is 0 Å². The van der Waals surface area contributed by atoms with Crippen LogP contribution in [0.25, 0.3) is 11.1 Å². The number of aliphatic carboxylic acids is 1. The predicted molar refractivity (Wildman–Crippen MR) is 117 cm³/mol. The zero-order valence-electron chi connectivity index (χ0n) is 18.1. The largest absolute Gasteiger partial charge is 0.480 e. The monoisotopic (exact) mass is 423 g/mol. The third kappa shape index (κ3) is 5.13. The number of amides is 1. The number of nitrogens with one attached hydrogen (secondary N) is 1. The molecule has 1 aliphatic carbocycles. The number of fused-ring (bicyclic) bond motifs is 3. The Labute approximate surface area is 182 Å². The number of hydrogen-bond donors (Lipinski definition) is 2. The third-order valence-corrected chi connectivity index (χ3v) is 5.90. The molecule has 2 aromatic carbocycles. The Hall–Kier alpha value is -3.15. The molecule has 6 heteroatoms. The van der Waals surface area contributed by atoms with E-state index in [-0.39, 0.29) is 36.7 Å². The Morgan fingerprint density at radius 3 is 2.03 bits per heavy atom. The fraction of sp³-hybridized carbons (Fsp3) is 0.400. The van der Waals surface area contributed by atoms with Crippen molar-refractivity contribution in [3.05, 3.63) is 59.7 Å². The van der Waals surface area contributed by atoms with Crippen LogP contribution in [0.4, 0.5) is 0 Å². The molecule has 2 aromatic rings. The van der Waals surface area contributed by atoms with Crippen molar-refractivity contribution in [2.75, 3.05) is 6.61 Å². The average Bonchev–Trinajstić information content (AvgIpc) is 3.06. The van der Waals surface area contributed by atoms with Crippen LogP contribution in [0.5, 0.6) is 0 Å². The van der Waals surface area contributed by atoms with Crippen LogP contribution < -0.4 is 5.32 Å². The van der Waals surface area contributed by atoms with Crippen molar-refractivity contribution in [3.63, 3.8) is 0 Å². The maximum Gasteiger partial charge on any atom is 0.325 e. The minimum Gasteiger partial charge on any atom is -0.480 e. The van der Waals surface area contributed by atoms with Gasteiger partial charge in [0.05, 0.1) is 0 Å². The van der Waals surface area contributed by atoms with E-state index in [0.717, 1.165) is 11.1 Å². The normalized spacial score (nSPS) is 14.5. The molecule has 31 heavy (non-hydrogen) atoms. The second kappa shape index (κ2) is 9.77. The molecule has 0 saturated heterocycles. The van der Waals surface area contributed by atoms with Crippen molar-refractivity contribution in [2.45, 2.75) is 45.6 Å². The molecule has 0 bridgehead atoms. The molecule has 6 nitrogen and oxygen atoms in total. The highest BCUT2D eigenvalue weighted by atomic mass is 16.5. The summed E-state index contributed by atoms with van der Waals surface area (Å²) in [6.45, 7) is 5.44. The first-order valence-corrected chi connectivity index (χ1v) is 10.7. The summed E-state index contributed by atoms with van der Waals surface area (Å²) in [6.07, 6.45) is 0.417. The Bertz CT molecular complexity index is 922. The predicted octanol–water partition coefficient (Wildman–Crippen LogP) is 3.98. The van der Waals surface area contributed by atoms with E-state index >= 15 is 0 Å². The summed E-state index contributed by atoms with van der Waals surface area (Å²) >= 11 is 0. The van der Waals surface area contributed by atoms with Gasteiger partial charge in [0, 0.05) is 18.3 Å². The van der Waals surface area contributed by atoms with Crippen LogP contribution in [-0.4, -0.2) is 35.6 Å². The van der Waals surface area contributed by atoms with Gasteiger partial charge >= 0.3 is 11.9 Å². The van der Waals surface area contributed by atoms with E-state index in [1.165, 1.54) is 18.1 Å². The van der Waals surface area contributed by atoms with Crippen LogP contribution in [0, 0.1) is 11.8 Å². The molecule has 3 rings (SSSR count). The first-order valence-electron chi connectivity index (χ1n) is 10.7. The number of benzene rings is 2. The lowest BCUT2D eigenvalue weighted by molar-refractivity contribution is -0.145. The molecular formula is C25H29NO5. The highest BCUT2D eigenvalue weighted by Crippen LogP contribution is 2.44. The van der Waals surface area contributed by atoms with Crippen molar-refractivity contribution in [3.8, 4) is 11.1 Å². The number of hydrogen-bond acceptors (Lipinski definition) is 4. The van der Waals surface area contributed by atoms with E-state index in [0.29, 0.717) is 6.42 Å². The van der Waals surface area contributed by atoms with Crippen LogP contribution >= 0.6 is 0 Å². The van der Waals surface area contributed by atoms with Gasteiger partial charge in [0.2, 0.25) is 5.91 Å². The van der Waals surface area contributed by atoms with Gasteiger partial charge in [0.15, 0.2) is 0 Å². The minimum absolute atomic E-state index is 0.00281. The SMILES string of the molecule is CC(C)[C@H](CCC(=O)OCC1c2ccccc2-c2ccccc21)C(=O)N[C@@H](C)C(=O)O. The van der Waals surface area contributed by atoms with Crippen LogP contribution in [-0.2, 0) is 19.1 Å². The lowest BCUT2D eigenvalue weighted by atomic mass is 9.90. The number of carboxylic acids is 1. The lowest BCUT2D eigenvalue weighted by Crippen LogP contribution is -2.43. The first-order chi connectivity index (χ1) is 14.8. The molecule has 2 N–H and O–H groups in total. The molecule has 0 unspecified atom stereocenters. The molecule has 0 saturated carbocycles. The van der Waals surface area contributed by atoms with E-state index in [2.05, 4.69) is 29.6 Å². The minimum atomic E-state index is -1.09. The maximum atomic E-state index is 12.5. The van der Waals surface area contributed by atoms with Gasteiger partial charge in [-0.2, -0.15) is 0 Å². The number of carbonyl (C=O) groups is 3. The number of carboxylic acid groups (broad SMARTS) is 1. The van der Waals surface area contributed by atoms with Crippen molar-refractivity contribution in [1.82, 2.24) is 5.32 Å². The molecule has 0 radical (unpaired) electrons. The molecule has 0 spiro atoms. The standard InChI is InChI=1S/C25H29NO5/c1-15(2)17(24(28)26-16(3)25(29)30)12-13-23(27)31-14-22-20-10-6-4-8-18(20)19-9-5-7-11-21(19)22/h4-11,15-17,22H,12-14H2,1-3H3,(H,26,28)(H,29,30)/t16-,17-/m0/s1. The Balaban J connectivity index is 1.59. The van der Waals surface area contributed by atoms with E-state index < -0.39 is 17.9 Å². The summed E-state index contributed by atoms with van der Waals surface area (Å²) in [5.41, 5.74) is 4.64. The molecular weight excluding hydrogens is 394 g/mol. The van der Waals surface area contributed by atoms with Crippen LogP contribution in [0.2, 0.25) is 0 Å². The summed E-state index contributed by atoms with van der Waals surface area (Å²) in [5.74, 6) is -2.28. The topological polar surface area (TPSA) is 92.7 Å². The highest BCUT2D eigenvalue weighted by Gasteiger charge is 2.30. The quantitative estimate of drug-likeness (QED) is 0.595. The van der Waals surface area contributed by atoms with E-state index in [9.17, 15) is 14.4 Å². The molecule has 0 aromatic heterocycles. The smallest absolute Gasteiger partial charge is 0.325 e. The van der Waals surface area contributed by atoms with Gasteiger partial charge in [0.25, 0.3) is 0 Å². The van der Waals surface area contributed by atoms with E-state index in [1.807, 2.05) is 38.1 Å². The van der Waals surface area contributed by atoms with Gasteiger partial charge in [-0.25, -0.2) is 0 Å². The number of rotatable bonds is 9. The Morgan fingerprint density at radius 1 is 0.968 bits per heavy atom. The average molecular weight is 424 g/mol. The van der Waals surface area contributed by atoms with Crippen molar-refractivity contribution in [2.24, 2.45) is 11.8 Å². The molecule has 1 aliphatic rings. The zero-order chi connectivity index (χ0) is 22.5. The van der Waals surface area contributed by atoms with Crippen molar-refractivity contribution < 1.29 is 24.2 Å². The summed E-state index contributed by atoms with van der Waals surface area (Å²) in [7, 11) is 0. The molecule has 164 valence electrons. The van der Waals surface area contributed by atoms with Gasteiger partial charge < -0.3 is 15.2 Å². The Morgan fingerprint density at radius 2 is 1.52 bits per heavy atom. The molecule has 0 fully saturated rings. The second-order valence-corrected chi connectivity index (χ2v) is 8.37. The molecule has 1 amide bonds. The Kier molecular flexibility index (Phi) is 7.10. The van der Waals surface area contributed by atoms with Gasteiger partial charge in [-0.15, -0.1) is 0 Å². The molecule has 0 aliphatic heterocycles. The zero-order valence-corrected chi connectivity index (χ0v) is 18.1. The van der Waals surface area contributed by atoms with Gasteiger partial charge in [-0.1, -0.05) is 62.4 Å². The molecule has 2 atom stereocenters.